The number of rotatable bonds is 3. The lowest BCUT2D eigenvalue weighted by atomic mass is 9.85. The second kappa shape index (κ2) is 7.31. The highest BCUT2D eigenvalue weighted by atomic mass is 19.4. The van der Waals surface area contributed by atoms with Gasteiger partial charge in [-0.25, -0.2) is 4.79 Å². The van der Waals surface area contributed by atoms with Gasteiger partial charge < -0.3 is 14.8 Å². The Morgan fingerprint density at radius 3 is 2.60 bits per heavy atom. The first-order chi connectivity index (χ1) is 11.9. The molecule has 0 bridgehead atoms. The second-order valence-electron chi connectivity index (χ2n) is 6.46. The number of ether oxygens (including phenoxy) is 2. The maximum Gasteiger partial charge on any atom is 0.490 e. The summed E-state index contributed by atoms with van der Waals surface area (Å²) in [5.74, 6) is -2.18. The zero-order chi connectivity index (χ0) is 17.9. The molecule has 25 heavy (non-hydrogen) atoms. The molecule has 1 aromatic rings. The van der Waals surface area contributed by atoms with Crippen LogP contribution in [0.1, 0.15) is 18.4 Å². The highest BCUT2D eigenvalue weighted by Gasteiger charge is 2.49. The first-order valence-electron chi connectivity index (χ1n) is 8.28. The smallest absolute Gasteiger partial charge is 0.437 e. The van der Waals surface area contributed by atoms with E-state index in [0.29, 0.717) is 13.2 Å². The first-order valence-corrected chi connectivity index (χ1v) is 8.28. The van der Waals surface area contributed by atoms with E-state index in [-0.39, 0.29) is 6.61 Å². The summed E-state index contributed by atoms with van der Waals surface area (Å²) < 4.78 is 48.3. The quantitative estimate of drug-likeness (QED) is 0.839. The fraction of sp³-hybridized carbons (Fsp3) is 0.588. The molecule has 2 saturated heterocycles. The Hall–Kier alpha value is -1.64. The number of hydrogen-bond donors (Lipinski definition) is 1. The van der Waals surface area contributed by atoms with Crippen LogP contribution in [-0.2, 0) is 20.8 Å². The van der Waals surface area contributed by atoms with Crippen LogP contribution < -0.4 is 5.32 Å². The van der Waals surface area contributed by atoms with Gasteiger partial charge in [-0.05, 0) is 31.5 Å². The van der Waals surface area contributed by atoms with Gasteiger partial charge in [0.15, 0.2) is 6.23 Å². The zero-order valence-corrected chi connectivity index (χ0v) is 13.7. The number of benzene rings is 1. The Morgan fingerprint density at radius 1 is 1.28 bits per heavy atom. The number of esters is 1. The van der Waals surface area contributed by atoms with Gasteiger partial charge in [0, 0.05) is 6.54 Å². The predicted octanol–water partition coefficient (Wildman–Crippen LogP) is 2.07. The van der Waals surface area contributed by atoms with E-state index in [1.165, 1.54) is 0 Å². The van der Waals surface area contributed by atoms with Crippen molar-refractivity contribution in [2.45, 2.75) is 37.3 Å². The third-order valence-corrected chi connectivity index (χ3v) is 4.79. The van der Waals surface area contributed by atoms with Gasteiger partial charge >= 0.3 is 12.1 Å². The van der Waals surface area contributed by atoms with Crippen LogP contribution in [0.5, 0.6) is 0 Å². The molecule has 5 nitrogen and oxygen atoms in total. The van der Waals surface area contributed by atoms with Crippen molar-refractivity contribution in [2.75, 3.05) is 26.3 Å². The van der Waals surface area contributed by atoms with Crippen molar-refractivity contribution in [1.82, 2.24) is 10.2 Å². The zero-order valence-electron chi connectivity index (χ0n) is 13.7. The van der Waals surface area contributed by atoms with Crippen molar-refractivity contribution in [3.05, 3.63) is 35.9 Å². The average Bonchev–Trinajstić information content (AvgIpc) is 2.59. The molecule has 0 saturated carbocycles. The Morgan fingerprint density at radius 2 is 1.96 bits per heavy atom. The van der Waals surface area contributed by atoms with E-state index in [9.17, 15) is 18.0 Å². The van der Waals surface area contributed by atoms with Gasteiger partial charge in [-0.15, -0.1) is 0 Å². The molecule has 3 rings (SSSR count). The van der Waals surface area contributed by atoms with E-state index in [1.54, 1.807) is 0 Å². The lowest BCUT2D eigenvalue weighted by Gasteiger charge is -2.52. The minimum absolute atomic E-state index is 0.0656. The lowest BCUT2D eigenvalue weighted by Crippen LogP contribution is -2.65. The van der Waals surface area contributed by atoms with Crippen molar-refractivity contribution >= 4 is 5.97 Å². The average molecular weight is 358 g/mol. The summed E-state index contributed by atoms with van der Waals surface area (Å²) >= 11 is 0. The number of nitrogens with one attached hydrogen (secondary N) is 1. The van der Waals surface area contributed by atoms with Gasteiger partial charge in [0.2, 0.25) is 0 Å². The Bertz CT molecular complexity index is 583. The van der Waals surface area contributed by atoms with Crippen LogP contribution in [0.4, 0.5) is 13.2 Å². The number of piperidine rings is 1. The maximum atomic E-state index is 12.6. The number of carbonyl (C=O) groups excluding carboxylic acids is 1. The second-order valence-corrected chi connectivity index (χ2v) is 6.46. The van der Waals surface area contributed by atoms with Crippen LogP contribution in [0.3, 0.4) is 0 Å². The molecule has 1 unspecified atom stereocenters. The van der Waals surface area contributed by atoms with E-state index >= 15 is 0 Å². The van der Waals surface area contributed by atoms with Gasteiger partial charge in [-0.1, -0.05) is 30.3 Å². The van der Waals surface area contributed by atoms with Crippen molar-refractivity contribution in [2.24, 2.45) is 0 Å². The van der Waals surface area contributed by atoms with E-state index in [4.69, 9.17) is 9.47 Å². The summed E-state index contributed by atoms with van der Waals surface area (Å²) in [6.45, 7) is 2.24. The molecule has 2 aliphatic heterocycles. The van der Waals surface area contributed by atoms with Crippen molar-refractivity contribution in [3.8, 4) is 0 Å². The molecule has 0 amide bonds. The fourth-order valence-corrected chi connectivity index (χ4v) is 3.49. The standard InChI is InChI=1S/C17H21F3N2O3/c18-17(19,20)15(23)25-14-11-24-12-16(6-8-21-9-7-16)22(14)10-13-4-2-1-3-5-13/h1-5,14,21H,6-12H2. The molecule has 1 atom stereocenters. The number of morpholine rings is 1. The molecule has 2 fully saturated rings. The number of nitrogens with zero attached hydrogens (tertiary/aromatic N) is 1. The van der Waals surface area contributed by atoms with Gasteiger partial charge in [0.05, 0.1) is 18.8 Å². The molecule has 1 spiro atoms. The summed E-state index contributed by atoms with van der Waals surface area (Å²) in [7, 11) is 0. The monoisotopic (exact) mass is 358 g/mol. The van der Waals surface area contributed by atoms with Crippen molar-refractivity contribution < 1.29 is 27.4 Å². The van der Waals surface area contributed by atoms with Crippen LogP contribution in [0.2, 0.25) is 0 Å². The number of carbonyl (C=O) groups is 1. The lowest BCUT2D eigenvalue weighted by molar-refractivity contribution is -0.241. The largest absolute Gasteiger partial charge is 0.490 e. The highest BCUT2D eigenvalue weighted by molar-refractivity contribution is 5.75. The molecule has 8 heteroatoms. The first kappa shape index (κ1) is 18.2. The summed E-state index contributed by atoms with van der Waals surface area (Å²) in [5, 5.41) is 3.25. The summed E-state index contributed by atoms with van der Waals surface area (Å²) in [4.78, 5) is 13.2. The Labute approximate surface area is 144 Å². The van der Waals surface area contributed by atoms with Gasteiger partial charge in [0.25, 0.3) is 0 Å². The van der Waals surface area contributed by atoms with Gasteiger partial charge in [0.1, 0.15) is 0 Å². The summed E-state index contributed by atoms with van der Waals surface area (Å²) in [5.41, 5.74) is 0.519. The van der Waals surface area contributed by atoms with E-state index in [1.807, 2.05) is 35.2 Å². The Kier molecular flexibility index (Phi) is 5.31. The van der Waals surface area contributed by atoms with Crippen LogP contribution >= 0.6 is 0 Å². The van der Waals surface area contributed by atoms with E-state index < -0.39 is 23.9 Å². The van der Waals surface area contributed by atoms with Crippen molar-refractivity contribution in [1.29, 1.82) is 0 Å². The topological polar surface area (TPSA) is 50.8 Å². The van der Waals surface area contributed by atoms with Crippen LogP contribution in [0.25, 0.3) is 0 Å². The summed E-state index contributed by atoms with van der Waals surface area (Å²) in [6, 6.07) is 9.45. The minimum atomic E-state index is -5.02. The summed E-state index contributed by atoms with van der Waals surface area (Å²) in [6.07, 6.45) is -4.63. The van der Waals surface area contributed by atoms with Gasteiger partial charge in [-0.2, -0.15) is 13.2 Å². The predicted molar refractivity (Wildman–Crippen MR) is 83.6 cm³/mol. The highest BCUT2D eigenvalue weighted by Crippen LogP contribution is 2.35. The molecule has 2 aliphatic rings. The molecular formula is C17H21F3N2O3. The molecule has 0 aromatic heterocycles. The van der Waals surface area contributed by atoms with Gasteiger partial charge in [-0.3, -0.25) is 4.90 Å². The normalized spacial score (nSPS) is 24.2. The number of hydrogen-bond acceptors (Lipinski definition) is 5. The van der Waals surface area contributed by atoms with Crippen LogP contribution in [0.15, 0.2) is 30.3 Å². The minimum Gasteiger partial charge on any atom is -0.437 e. The maximum absolute atomic E-state index is 12.6. The number of halogens is 3. The van der Waals surface area contributed by atoms with E-state index in [0.717, 1.165) is 31.5 Å². The van der Waals surface area contributed by atoms with Crippen LogP contribution in [-0.4, -0.2) is 55.1 Å². The fourth-order valence-electron chi connectivity index (χ4n) is 3.49. The SMILES string of the molecule is O=C(OC1COCC2(CCNCC2)N1Cc1ccccc1)C(F)(F)F. The molecule has 2 heterocycles. The number of alkyl halides is 3. The molecule has 138 valence electrons. The molecule has 0 radical (unpaired) electrons. The molecule has 1 aromatic carbocycles. The third kappa shape index (κ3) is 4.13. The van der Waals surface area contributed by atoms with Crippen LogP contribution in [0, 0.1) is 0 Å². The molecule has 0 aliphatic carbocycles. The third-order valence-electron chi connectivity index (χ3n) is 4.79. The Balaban J connectivity index is 1.85. The van der Waals surface area contributed by atoms with Crippen molar-refractivity contribution in [3.63, 3.8) is 0 Å². The van der Waals surface area contributed by atoms with E-state index in [2.05, 4.69) is 5.32 Å². The molecular weight excluding hydrogens is 337 g/mol. The molecule has 1 N–H and O–H groups in total.